The summed E-state index contributed by atoms with van der Waals surface area (Å²) in [6, 6.07) is 6.62. The Hall–Kier alpha value is -1.55. The van der Waals surface area contributed by atoms with Gasteiger partial charge in [-0.3, -0.25) is 9.53 Å². The van der Waals surface area contributed by atoms with E-state index in [1.807, 2.05) is 0 Å². The minimum Gasteiger partial charge on any atom is -0.484 e. The number of benzene rings is 1. The van der Waals surface area contributed by atoms with Crippen LogP contribution in [0.15, 0.2) is 24.3 Å². The topological polar surface area (TPSA) is 66.0 Å². The Labute approximate surface area is 171 Å². The van der Waals surface area contributed by atoms with Crippen molar-refractivity contribution in [3.8, 4) is 5.75 Å². The van der Waals surface area contributed by atoms with Gasteiger partial charge >= 0.3 is 6.36 Å². The zero-order valence-electron chi connectivity index (χ0n) is 15.6. The Bertz CT molecular complexity index is 659. The van der Waals surface area contributed by atoms with Crippen molar-refractivity contribution in [1.82, 2.24) is 5.32 Å². The van der Waals surface area contributed by atoms with Gasteiger partial charge in [0.15, 0.2) is 6.61 Å². The highest BCUT2D eigenvalue weighted by Crippen LogP contribution is 2.32. The lowest BCUT2D eigenvalue weighted by Gasteiger charge is -2.36. The van der Waals surface area contributed by atoms with E-state index >= 15 is 0 Å². The van der Waals surface area contributed by atoms with Gasteiger partial charge in [0.1, 0.15) is 5.75 Å². The number of carbonyl (C=O) groups is 1. The predicted molar refractivity (Wildman–Crippen MR) is 97.8 cm³/mol. The molecule has 1 aromatic carbocycles. The minimum atomic E-state index is -4.60. The number of carbonyl (C=O) groups excluding carboxylic acids is 1. The molecular formula is C19H23ClF3NO5. The van der Waals surface area contributed by atoms with Gasteiger partial charge in [-0.05, 0) is 37.1 Å². The third-order valence-electron chi connectivity index (χ3n) is 4.79. The van der Waals surface area contributed by atoms with Crippen molar-refractivity contribution in [3.63, 3.8) is 0 Å². The zero-order valence-corrected chi connectivity index (χ0v) is 16.4. The lowest BCUT2D eigenvalue weighted by molar-refractivity contribution is -0.357. The number of nitrogens with one attached hydrogen (secondary N) is 1. The Morgan fingerprint density at radius 2 is 1.90 bits per heavy atom. The summed E-state index contributed by atoms with van der Waals surface area (Å²) in [4.78, 5) is 12.0. The van der Waals surface area contributed by atoms with E-state index in [-0.39, 0.29) is 43.6 Å². The van der Waals surface area contributed by atoms with Crippen LogP contribution in [0.5, 0.6) is 5.75 Å². The molecule has 1 aliphatic carbocycles. The Morgan fingerprint density at radius 3 is 2.52 bits per heavy atom. The quantitative estimate of drug-likeness (QED) is 0.674. The van der Waals surface area contributed by atoms with Crippen LogP contribution in [0.1, 0.15) is 25.7 Å². The number of hydrogen-bond donors (Lipinski definition) is 1. The third-order valence-corrected chi connectivity index (χ3v) is 5.04. The van der Waals surface area contributed by atoms with E-state index in [1.165, 1.54) is 0 Å². The summed E-state index contributed by atoms with van der Waals surface area (Å²) in [5, 5.41) is 3.45. The summed E-state index contributed by atoms with van der Waals surface area (Å²) < 4.78 is 56.8. The molecule has 6 nitrogen and oxygen atoms in total. The van der Waals surface area contributed by atoms with Crippen molar-refractivity contribution in [2.45, 2.75) is 56.4 Å². The molecule has 10 heteroatoms. The van der Waals surface area contributed by atoms with Crippen molar-refractivity contribution in [3.05, 3.63) is 29.3 Å². The minimum absolute atomic E-state index is 0.104. The van der Waals surface area contributed by atoms with Crippen LogP contribution in [0, 0.1) is 0 Å². The summed E-state index contributed by atoms with van der Waals surface area (Å²) in [7, 11) is 0. The Kier molecular flexibility index (Phi) is 7.61. The molecular weight excluding hydrogens is 415 g/mol. The average Bonchev–Trinajstić information content (AvgIpc) is 2.63. The van der Waals surface area contributed by atoms with Crippen molar-refractivity contribution in [2.24, 2.45) is 0 Å². The molecule has 1 saturated carbocycles. The molecule has 1 aliphatic heterocycles. The van der Waals surface area contributed by atoms with Gasteiger partial charge in [-0.2, -0.15) is 0 Å². The van der Waals surface area contributed by atoms with Crippen molar-refractivity contribution >= 4 is 17.5 Å². The Morgan fingerprint density at radius 1 is 1.17 bits per heavy atom. The maximum atomic E-state index is 12.1. The SMILES string of the molecule is O=C(COc1ccc(Cl)cc1)N[C@H]1CC[C@H](CO[C@H]2C[C@@H](OC(F)(F)F)C2)OC1. The molecule has 2 aliphatic rings. The molecule has 1 saturated heterocycles. The first-order valence-corrected chi connectivity index (χ1v) is 9.80. The van der Waals surface area contributed by atoms with Gasteiger partial charge in [0.2, 0.25) is 0 Å². The molecule has 2 atom stereocenters. The molecule has 1 heterocycles. The van der Waals surface area contributed by atoms with Crippen LogP contribution >= 0.6 is 11.6 Å². The van der Waals surface area contributed by atoms with Crippen LogP contribution in [0.2, 0.25) is 5.02 Å². The van der Waals surface area contributed by atoms with Gasteiger partial charge in [-0.1, -0.05) is 11.6 Å². The summed E-state index contributed by atoms with van der Waals surface area (Å²) in [5.41, 5.74) is 0. The van der Waals surface area contributed by atoms with E-state index in [4.69, 9.17) is 25.8 Å². The standard InChI is InChI=1S/C19H23ClF3NO5/c20-12-1-4-14(5-2-12)28-11-18(25)24-13-3-6-15(26-9-13)10-27-16-7-17(8-16)29-19(21,22)23/h1-2,4-5,13,15-17H,3,6-11H2,(H,24,25)/t13-,15+,16-,17+/m0/s1. The lowest BCUT2D eigenvalue weighted by atomic mass is 9.92. The van der Waals surface area contributed by atoms with Gasteiger partial charge < -0.3 is 19.5 Å². The van der Waals surface area contributed by atoms with Gasteiger partial charge in [0, 0.05) is 17.9 Å². The largest absolute Gasteiger partial charge is 0.522 e. The fourth-order valence-corrected chi connectivity index (χ4v) is 3.31. The summed E-state index contributed by atoms with van der Waals surface area (Å²) in [6.07, 6.45) is -3.88. The van der Waals surface area contributed by atoms with E-state index in [0.717, 1.165) is 6.42 Å². The first-order chi connectivity index (χ1) is 13.8. The van der Waals surface area contributed by atoms with Crippen LogP contribution < -0.4 is 10.1 Å². The predicted octanol–water partition coefficient (Wildman–Crippen LogP) is 3.47. The maximum absolute atomic E-state index is 12.1. The molecule has 29 heavy (non-hydrogen) atoms. The van der Waals surface area contributed by atoms with Crippen LogP contribution in [0.25, 0.3) is 0 Å². The highest BCUT2D eigenvalue weighted by Gasteiger charge is 2.40. The van der Waals surface area contributed by atoms with E-state index in [9.17, 15) is 18.0 Å². The fourth-order valence-electron chi connectivity index (χ4n) is 3.18. The Balaban J connectivity index is 1.25. The van der Waals surface area contributed by atoms with Crippen LogP contribution in [0.4, 0.5) is 13.2 Å². The molecule has 0 radical (unpaired) electrons. The van der Waals surface area contributed by atoms with E-state index in [2.05, 4.69) is 10.1 Å². The molecule has 1 N–H and O–H groups in total. The molecule has 1 aromatic rings. The van der Waals surface area contributed by atoms with E-state index < -0.39 is 12.5 Å². The van der Waals surface area contributed by atoms with E-state index in [0.29, 0.717) is 30.4 Å². The summed E-state index contributed by atoms with van der Waals surface area (Å²) >= 11 is 5.79. The number of rotatable bonds is 8. The average molecular weight is 438 g/mol. The highest BCUT2D eigenvalue weighted by molar-refractivity contribution is 6.30. The summed E-state index contributed by atoms with van der Waals surface area (Å²) in [6.45, 7) is 0.572. The van der Waals surface area contributed by atoms with Gasteiger partial charge in [-0.25, -0.2) is 0 Å². The molecule has 162 valence electrons. The van der Waals surface area contributed by atoms with E-state index in [1.54, 1.807) is 24.3 Å². The molecule has 1 amide bonds. The molecule has 0 spiro atoms. The molecule has 3 rings (SSSR count). The van der Waals surface area contributed by atoms with Gasteiger partial charge in [0.25, 0.3) is 5.91 Å². The van der Waals surface area contributed by atoms with Crippen molar-refractivity contribution in [1.29, 1.82) is 0 Å². The molecule has 0 unspecified atom stereocenters. The third kappa shape index (κ3) is 7.65. The highest BCUT2D eigenvalue weighted by atomic mass is 35.5. The lowest BCUT2D eigenvalue weighted by Crippen LogP contribution is -2.46. The zero-order chi connectivity index (χ0) is 20.9. The number of hydrogen-bond acceptors (Lipinski definition) is 5. The van der Waals surface area contributed by atoms with Crippen LogP contribution in [0.3, 0.4) is 0 Å². The second-order valence-corrected chi connectivity index (χ2v) is 7.59. The summed E-state index contributed by atoms with van der Waals surface area (Å²) in [5.74, 6) is 0.314. The fraction of sp³-hybridized carbons (Fsp3) is 0.632. The number of halogens is 4. The van der Waals surface area contributed by atoms with Crippen LogP contribution in [-0.2, 0) is 19.0 Å². The number of alkyl halides is 3. The van der Waals surface area contributed by atoms with Crippen LogP contribution in [-0.4, -0.2) is 56.4 Å². The second kappa shape index (κ2) is 9.97. The molecule has 0 aromatic heterocycles. The maximum Gasteiger partial charge on any atom is 0.522 e. The molecule has 0 bridgehead atoms. The number of ether oxygens (including phenoxy) is 4. The van der Waals surface area contributed by atoms with Crippen molar-refractivity contribution in [2.75, 3.05) is 19.8 Å². The first-order valence-electron chi connectivity index (χ1n) is 9.42. The van der Waals surface area contributed by atoms with Gasteiger partial charge in [-0.15, -0.1) is 13.2 Å². The molecule has 2 fully saturated rings. The second-order valence-electron chi connectivity index (χ2n) is 7.15. The first kappa shape index (κ1) is 22.1. The monoisotopic (exact) mass is 437 g/mol. The number of amides is 1. The normalized spacial score (nSPS) is 27.2. The smallest absolute Gasteiger partial charge is 0.484 e. The van der Waals surface area contributed by atoms with Gasteiger partial charge in [0.05, 0.1) is 37.6 Å². The van der Waals surface area contributed by atoms with Crippen molar-refractivity contribution < 1.29 is 36.9 Å².